The Morgan fingerprint density at radius 3 is 3.10 bits per heavy atom. The minimum absolute atomic E-state index is 0.178. The Kier molecular flexibility index (Phi) is 4.97. The number of nitrogens with one attached hydrogen (secondary N) is 1. The van der Waals surface area contributed by atoms with E-state index in [0.717, 1.165) is 0 Å². The van der Waals surface area contributed by atoms with Crippen molar-refractivity contribution in [3.8, 4) is 0 Å². The molecule has 0 aromatic carbocycles. The van der Waals surface area contributed by atoms with Crippen molar-refractivity contribution < 1.29 is 18.7 Å². The van der Waals surface area contributed by atoms with Crippen molar-refractivity contribution in [2.75, 3.05) is 26.8 Å². The summed E-state index contributed by atoms with van der Waals surface area (Å²) >= 11 is 3.19. The minimum atomic E-state index is -0.589. The van der Waals surface area contributed by atoms with Gasteiger partial charge in [0.15, 0.2) is 4.67 Å². The van der Waals surface area contributed by atoms with Crippen LogP contribution in [0.3, 0.4) is 0 Å². The number of methoxy groups -OCH3 is 1. The molecule has 1 aliphatic heterocycles. The summed E-state index contributed by atoms with van der Waals surface area (Å²) in [5.41, 5.74) is 0. The van der Waals surface area contributed by atoms with Crippen LogP contribution in [-0.4, -0.2) is 49.6 Å². The van der Waals surface area contributed by atoms with Crippen LogP contribution < -0.4 is 5.32 Å². The highest BCUT2D eigenvalue weighted by Crippen LogP contribution is 2.15. The summed E-state index contributed by atoms with van der Waals surface area (Å²) in [6.45, 7) is 1.09. The Morgan fingerprint density at radius 1 is 1.65 bits per heavy atom. The highest BCUT2D eigenvalue weighted by atomic mass is 79.9. The van der Waals surface area contributed by atoms with Crippen LogP contribution in [0.4, 0.5) is 0 Å². The molecule has 1 aliphatic rings. The Balaban J connectivity index is 2.06. The lowest BCUT2D eigenvalue weighted by Gasteiger charge is -2.33. The highest BCUT2D eigenvalue weighted by molar-refractivity contribution is 9.10. The van der Waals surface area contributed by atoms with Crippen LogP contribution in [0, 0.1) is 0 Å². The van der Waals surface area contributed by atoms with E-state index in [1.807, 2.05) is 0 Å². The molecule has 1 atom stereocenters. The summed E-state index contributed by atoms with van der Waals surface area (Å²) in [4.78, 5) is 25.4. The van der Waals surface area contributed by atoms with Crippen molar-refractivity contribution in [3.05, 3.63) is 28.6 Å². The number of hydrogen-bond acceptors (Lipinski definition) is 4. The summed E-state index contributed by atoms with van der Waals surface area (Å²) in [5.74, 6) is 0.130. The van der Waals surface area contributed by atoms with E-state index in [4.69, 9.17) is 9.15 Å². The summed E-state index contributed by atoms with van der Waals surface area (Å²) in [5, 5.41) is 2.72. The molecule has 108 valence electrons. The van der Waals surface area contributed by atoms with Gasteiger partial charge in [0.2, 0.25) is 11.8 Å². The molecule has 2 amide bonds. The van der Waals surface area contributed by atoms with Gasteiger partial charge in [-0.2, -0.15) is 0 Å². The van der Waals surface area contributed by atoms with Crippen molar-refractivity contribution in [3.63, 3.8) is 0 Å². The van der Waals surface area contributed by atoms with Gasteiger partial charge in [-0.15, -0.1) is 0 Å². The molecule has 1 N–H and O–H groups in total. The zero-order chi connectivity index (χ0) is 14.5. The van der Waals surface area contributed by atoms with Crippen LogP contribution in [0.25, 0.3) is 6.08 Å². The van der Waals surface area contributed by atoms with E-state index >= 15 is 0 Å². The molecular weight excluding hydrogens is 328 g/mol. The molecule has 1 fully saturated rings. The fraction of sp³-hybridized carbons (Fsp3) is 0.385. The number of hydrogen-bond donors (Lipinski definition) is 1. The van der Waals surface area contributed by atoms with Gasteiger partial charge in [-0.05, 0) is 34.1 Å². The van der Waals surface area contributed by atoms with Crippen molar-refractivity contribution in [2.45, 2.75) is 6.04 Å². The van der Waals surface area contributed by atoms with Crippen LogP contribution in [-0.2, 0) is 14.3 Å². The van der Waals surface area contributed by atoms with Gasteiger partial charge in [0.1, 0.15) is 11.8 Å². The molecule has 0 saturated carbocycles. The number of halogens is 1. The van der Waals surface area contributed by atoms with Gasteiger partial charge in [0.25, 0.3) is 0 Å². The summed E-state index contributed by atoms with van der Waals surface area (Å²) in [7, 11) is 1.50. The molecule has 7 heteroatoms. The second-order valence-electron chi connectivity index (χ2n) is 4.27. The van der Waals surface area contributed by atoms with E-state index in [9.17, 15) is 9.59 Å². The Bertz CT molecular complexity index is 526. The van der Waals surface area contributed by atoms with E-state index in [-0.39, 0.29) is 18.4 Å². The monoisotopic (exact) mass is 342 g/mol. The van der Waals surface area contributed by atoms with Crippen LogP contribution in [0.1, 0.15) is 5.76 Å². The maximum atomic E-state index is 12.2. The zero-order valence-electron chi connectivity index (χ0n) is 11.0. The highest BCUT2D eigenvalue weighted by Gasteiger charge is 2.31. The van der Waals surface area contributed by atoms with Gasteiger partial charge < -0.3 is 19.4 Å². The normalized spacial score (nSPS) is 19.4. The first-order valence-corrected chi connectivity index (χ1v) is 6.92. The van der Waals surface area contributed by atoms with Gasteiger partial charge in [0, 0.05) is 26.3 Å². The van der Waals surface area contributed by atoms with E-state index in [1.54, 1.807) is 18.2 Å². The first kappa shape index (κ1) is 14.8. The molecule has 1 saturated heterocycles. The van der Waals surface area contributed by atoms with E-state index in [0.29, 0.717) is 23.5 Å². The third-order valence-electron chi connectivity index (χ3n) is 2.92. The molecule has 1 aromatic heterocycles. The number of amides is 2. The second kappa shape index (κ2) is 6.71. The zero-order valence-corrected chi connectivity index (χ0v) is 12.6. The maximum Gasteiger partial charge on any atom is 0.247 e. The van der Waals surface area contributed by atoms with Gasteiger partial charge in [-0.1, -0.05) is 0 Å². The molecule has 0 unspecified atom stereocenters. The standard InChI is InChI=1S/C13H15BrN2O4/c1-19-8-10-13(18)15-6-7-16(10)12(17)5-3-9-2-4-11(14)20-9/h2-5,10H,6-8H2,1H3,(H,15,18)/t10-/m0/s1. The number of furan rings is 1. The average Bonchev–Trinajstić information content (AvgIpc) is 2.84. The minimum Gasteiger partial charge on any atom is -0.450 e. The molecule has 0 radical (unpaired) electrons. The number of ether oxygens (including phenoxy) is 1. The SMILES string of the molecule is COC[C@H]1C(=O)NCCN1C(=O)C=Cc1ccc(Br)o1. The summed E-state index contributed by atoms with van der Waals surface area (Å²) in [6, 6.07) is 2.89. The fourth-order valence-electron chi connectivity index (χ4n) is 1.97. The van der Waals surface area contributed by atoms with E-state index in [2.05, 4.69) is 21.2 Å². The fourth-order valence-corrected chi connectivity index (χ4v) is 2.29. The summed E-state index contributed by atoms with van der Waals surface area (Å²) in [6.07, 6.45) is 2.97. The van der Waals surface area contributed by atoms with Crippen molar-refractivity contribution >= 4 is 33.8 Å². The molecule has 0 bridgehead atoms. The number of carbonyl (C=O) groups is 2. The second-order valence-corrected chi connectivity index (χ2v) is 5.05. The predicted octanol–water partition coefficient (Wildman–Crippen LogP) is 1.03. The van der Waals surface area contributed by atoms with Crippen LogP contribution >= 0.6 is 15.9 Å². The van der Waals surface area contributed by atoms with E-state index < -0.39 is 6.04 Å². The number of carbonyl (C=O) groups excluding carboxylic acids is 2. The number of piperazine rings is 1. The Hall–Kier alpha value is -1.60. The van der Waals surface area contributed by atoms with Crippen LogP contribution in [0.2, 0.25) is 0 Å². The lowest BCUT2D eigenvalue weighted by Crippen LogP contribution is -2.58. The lowest BCUT2D eigenvalue weighted by atomic mass is 10.2. The largest absolute Gasteiger partial charge is 0.450 e. The smallest absolute Gasteiger partial charge is 0.247 e. The van der Waals surface area contributed by atoms with Gasteiger partial charge in [-0.25, -0.2) is 0 Å². The number of nitrogens with zero attached hydrogens (tertiary/aromatic N) is 1. The third-order valence-corrected chi connectivity index (χ3v) is 3.35. The number of rotatable bonds is 4. The van der Waals surface area contributed by atoms with Crippen LogP contribution in [0.15, 0.2) is 27.3 Å². The molecule has 6 nitrogen and oxygen atoms in total. The van der Waals surface area contributed by atoms with E-state index in [1.165, 1.54) is 18.1 Å². The lowest BCUT2D eigenvalue weighted by molar-refractivity contribution is -0.142. The van der Waals surface area contributed by atoms with Crippen molar-refractivity contribution in [1.29, 1.82) is 0 Å². The Labute approximate surface area is 124 Å². The maximum absolute atomic E-state index is 12.2. The molecule has 1 aromatic rings. The van der Waals surface area contributed by atoms with Crippen molar-refractivity contribution in [2.24, 2.45) is 0 Å². The average molecular weight is 343 g/mol. The molecule has 2 heterocycles. The molecule has 0 spiro atoms. The van der Waals surface area contributed by atoms with Crippen LogP contribution in [0.5, 0.6) is 0 Å². The topological polar surface area (TPSA) is 71.8 Å². The molecular formula is C13H15BrN2O4. The summed E-state index contributed by atoms with van der Waals surface area (Å²) < 4.78 is 10.9. The first-order valence-electron chi connectivity index (χ1n) is 6.12. The van der Waals surface area contributed by atoms with Gasteiger partial charge in [-0.3, -0.25) is 9.59 Å². The van der Waals surface area contributed by atoms with Gasteiger partial charge >= 0.3 is 0 Å². The van der Waals surface area contributed by atoms with Gasteiger partial charge in [0.05, 0.1) is 6.61 Å². The quantitative estimate of drug-likeness (QED) is 0.829. The first-order chi connectivity index (χ1) is 9.61. The Morgan fingerprint density at radius 2 is 2.45 bits per heavy atom. The molecule has 2 rings (SSSR count). The third kappa shape index (κ3) is 3.49. The molecule has 20 heavy (non-hydrogen) atoms. The predicted molar refractivity (Wildman–Crippen MR) is 75.8 cm³/mol. The molecule has 0 aliphatic carbocycles. The van der Waals surface area contributed by atoms with Crippen molar-refractivity contribution in [1.82, 2.24) is 10.2 Å².